The monoisotopic (exact) mass is 426 g/mol. The SMILES string of the molecule is COc1cccc2sc(NC(=O)[C@@]3(C)CC4c5ccccc5C3c3ccccc34)nc12. The van der Waals surface area contributed by atoms with E-state index in [0.717, 1.165) is 22.4 Å². The number of methoxy groups -OCH3 is 1. The fraction of sp³-hybridized carbons (Fsp3) is 0.231. The van der Waals surface area contributed by atoms with E-state index in [1.807, 2.05) is 18.2 Å². The molecule has 2 bridgehead atoms. The third-order valence-electron chi connectivity index (χ3n) is 6.97. The van der Waals surface area contributed by atoms with E-state index >= 15 is 0 Å². The van der Waals surface area contributed by atoms with Gasteiger partial charge in [-0.15, -0.1) is 0 Å². The second-order valence-corrected chi connectivity index (χ2v) is 9.68. The number of nitrogens with zero attached hydrogens (tertiary/aromatic N) is 1. The molecule has 0 spiro atoms. The van der Waals surface area contributed by atoms with Crippen LogP contribution < -0.4 is 10.1 Å². The highest BCUT2D eigenvalue weighted by Gasteiger charge is 2.53. The van der Waals surface area contributed by atoms with Crippen molar-refractivity contribution in [3.8, 4) is 5.75 Å². The molecule has 3 aromatic carbocycles. The van der Waals surface area contributed by atoms with E-state index in [9.17, 15) is 4.79 Å². The zero-order valence-electron chi connectivity index (χ0n) is 17.4. The van der Waals surface area contributed by atoms with E-state index in [1.165, 1.54) is 33.6 Å². The molecule has 0 aliphatic heterocycles. The Morgan fingerprint density at radius 1 is 1.00 bits per heavy atom. The van der Waals surface area contributed by atoms with Gasteiger partial charge in [-0.3, -0.25) is 4.79 Å². The first kappa shape index (κ1) is 18.6. The molecule has 0 radical (unpaired) electrons. The maximum Gasteiger partial charge on any atom is 0.233 e. The number of fused-ring (bicyclic) bond motifs is 2. The molecule has 4 nitrogen and oxygen atoms in total. The average molecular weight is 427 g/mol. The summed E-state index contributed by atoms with van der Waals surface area (Å²) in [6, 6.07) is 23.0. The molecule has 0 unspecified atom stereocenters. The maximum atomic E-state index is 13.8. The summed E-state index contributed by atoms with van der Waals surface area (Å²) in [4.78, 5) is 18.4. The van der Waals surface area contributed by atoms with Gasteiger partial charge in [0.1, 0.15) is 11.3 Å². The molecular formula is C26H22N2O2S. The molecule has 4 aromatic rings. The number of anilines is 1. The Kier molecular flexibility index (Phi) is 3.99. The molecule has 5 heteroatoms. The van der Waals surface area contributed by atoms with Crippen LogP contribution in [-0.2, 0) is 4.79 Å². The number of nitrogens with one attached hydrogen (secondary N) is 1. The standard InChI is InChI=1S/C26H22N2O2S/c1-26(24(29)28-25-27-23-20(30-2)12-7-13-21(23)31-25)14-19-15-8-3-5-10-17(15)22(26)18-11-6-4-9-16(18)19/h3-13,19,22H,14H2,1-2H3,(H,27,28,29)/t19?,22?,26-/m0/s1. The topological polar surface area (TPSA) is 51.2 Å². The predicted octanol–water partition coefficient (Wildman–Crippen LogP) is 5.93. The lowest BCUT2D eigenvalue weighted by Gasteiger charge is -2.50. The molecule has 1 N–H and O–H groups in total. The van der Waals surface area contributed by atoms with E-state index in [0.29, 0.717) is 5.13 Å². The molecule has 1 aromatic heterocycles. The quantitative estimate of drug-likeness (QED) is 0.442. The summed E-state index contributed by atoms with van der Waals surface area (Å²) in [7, 11) is 1.64. The Morgan fingerprint density at radius 3 is 2.29 bits per heavy atom. The Bertz CT molecular complexity index is 1300. The van der Waals surface area contributed by atoms with Crippen LogP contribution in [0.5, 0.6) is 5.75 Å². The van der Waals surface area contributed by atoms with Crippen molar-refractivity contribution in [3.63, 3.8) is 0 Å². The summed E-state index contributed by atoms with van der Waals surface area (Å²) >= 11 is 1.49. The van der Waals surface area contributed by atoms with E-state index in [2.05, 4.69) is 65.8 Å². The minimum atomic E-state index is -0.546. The summed E-state index contributed by atoms with van der Waals surface area (Å²) in [6.45, 7) is 2.11. The fourth-order valence-electron chi connectivity index (χ4n) is 5.57. The number of thiazole rings is 1. The number of benzene rings is 3. The zero-order valence-corrected chi connectivity index (χ0v) is 18.2. The lowest BCUT2D eigenvalue weighted by molar-refractivity contribution is -0.126. The summed E-state index contributed by atoms with van der Waals surface area (Å²) in [5.74, 6) is 1.03. The molecule has 3 aliphatic rings. The number of para-hydroxylation sites is 1. The first-order valence-electron chi connectivity index (χ1n) is 10.5. The molecule has 0 fully saturated rings. The lowest BCUT2D eigenvalue weighted by Crippen LogP contribution is -2.47. The molecule has 1 amide bonds. The maximum absolute atomic E-state index is 13.8. The summed E-state index contributed by atoms with van der Waals surface area (Å²) < 4.78 is 6.43. The average Bonchev–Trinajstić information content (AvgIpc) is 3.21. The lowest BCUT2D eigenvalue weighted by atomic mass is 9.52. The van der Waals surface area contributed by atoms with Crippen LogP contribution in [0.25, 0.3) is 10.2 Å². The van der Waals surface area contributed by atoms with E-state index < -0.39 is 5.41 Å². The second kappa shape index (κ2) is 6.66. The van der Waals surface area contributed by atoms with Crippen LogP contribution >= 0.6 is 11.3 Å². The van der Waals surface area contributed by atoms with Crippen molar-refractivity contribution in [2.75, 3.05) is 12.4 Å². The van der Waals surface area contributed by atoms with Crippen LogP contribution in [0.3, 0.4) is 0 Å². The van der Waals surface area contributed by atoms with Gasteiger partial charge in [0.15, 0.2) is 5.13 Å². The predicted molar refractivity (Wildman–Crippen MR) is 124 cm³/mol. The van der Waals surface area contributed by atoms with Crippen LogP contribution in [0.1, 0.15) is 47.4 Å². The van der Waals surface area contributed by atoms with Crippen LogP contribution in [0.2, 0.25) is 0 Å². The van der Waals surface area contributed by atoms with Gasteiger partial charge < -0.3 is 10.1 Å². The number of carbonyl (C=O) groups excluding carboxylic acids is 1. The van der Waals surface area contributed by atoms with Crippen LogP contribution in [0, 0.1) is 5.41 Å². The highest BCUT2D eigenvalue weighted by molar-refractivity contribution is 7.22. The van der Waals surface area contributed by atoms with Crippen molar-refractivity contribution in [2.45, 2.75) is 25.2 Å². The van der Waals surface area contributed by atoms with E-state index in [-0.39, 0.29) is 17.7 Å². The van der Waals surface area contributed by atoms with Gasteiger partial charge in [0.25, 0.3) is 0 Å². The smallest absolute Gasteiger partial charge is 0.233 e. The Balaban J connectivity index is 1.42. The third kappa shape index (κ3) is 2.59. The molecular weight excluding hydrogens is 404 g/mol. The van der Waals surface area contributed by atoms with Gasteiger partial charge in [-0.25, -0.2) is 4.98 Å². The summed E-state index contributed by atoms with van der Waals surface area (Å²) in [5, 5.41) is 3.77. The van der Waals surface area contributed by atoms with Gasteiger partial charge in [0.05, 0.1) is 17.2 Å². The highest BCUT2D eigenvalue weighted by atomic mass is 32.1. The number of amides is 1. The Labute approximate surface area is 184 Å². The minimum Gasteiger partial charge on any atom is -0.494 e. The van der Waals surface area contributed by atoms with Gasteiger partial charge in [-0.1, -0.05) is 65.9 Å². The number of rotatable bonds is 3. The Hall–Kier alpha value is -3.18. The number of ether oxygens (including phenoxy) is 1. The Morgan fingerprint density at radius 2 is 1.65 bits per heavy atom. The first-order chi connectivity index (χ1) is 15.1. The molecule has 0 saturated heterocycles. The first-order valence-corrected chi connectivity index (χ1v) is 11.3. The van der Waals surface area contributed by atoms with Gasteiger partial charge >= 0.3 is 0 Å². The summed E-state index contributed by atoms with van der Waals surface area (Å²) in [6.07, 6.45) is 0.797. The van der Waals surface area contributed by atoms with Crippen molar-refractivity contribution in [1.82, 2.24) is 4.98 Å². The van der Waals surface area contributed by atoms with Crippen LogP contribution in [0.4, 0.5) is 5.13 Å². The number of carbonyl (C=O) groups is 1. The van der Waals surface area contributed by atoms with Crippen molar-refractivity contribution >= 4 is 32.6 Å². The van der Waals surface area contributed by atoms with Crippen molar-refractivity contribution in [2.24, 2.45) is 5.41 Å². The van der Waals surface area contributed by atoms with Gasteiger partial charge in [-0.2, -0.15) is 0 Å². The third-order valence-corrected chi connectivity index (χ3v) is 7.91. The zero-order chi connectivity index (χ0) is 21.2. The number of aromatic nitrogens is 1. The van der Waals surface area contributed by atoms with Gasteiger partial charge in [-0.05, 0) is 47.7 Å². The molecule has 154 valence electrons. The van der Waals surface area contributed by atoms with Crippen molar-refractivity contribution in [3.05, 3.63) is 89.0 Å². The molecule has 0 saturated carbocycles. The fourth-order valence-corrected chi connectivity index (χ4v) is 6.45. The molecule has 7 rings (SSSR count). The molecule has 1 heterocycles. The van der Waals surface area contributed by atoms with Crippen molar-refractivity contribution in [1.29, 1.82) is 0 Å². The number of hydrogen-bond donors (Lipinski definition) is 1. The van der Waals surface area contributed by atoms with E-state index in [1.54, 1.807) is 7.11 Å². The molecule has 3 aliphatic carbocycles. The summed E-state index contributed by atoms with van der Waals surface area (Å²) in [5.41, 5.74) is 5.52. The second-order valence-electron chi connectivity index (χ2n) is 8.65. The highest BCUT2D eigenvalue weighted by Crippen LogP contribution is 2.61. The van der Waals surface area contributed by atoms with Crippen molar-refractivity contribution < 1.29 is 9.53 Å². The minimum absolute atomic E-state index is 0.0320. The molecule has 1 atom stereocenters. The van der Waals surface area contributed by atoms with E-state index in [4.69, 9.17) is 4.74 Å². The normalized spacial score (nSPS) is 23.3. The largest absolute Gasteiger partial charge is 0.494 e. The number of hydrogen-bond acceptors (Lipinski definition) is 4. The molecule has 31 heavy (non-hydrogen) atoms. The van der Waals surface area contributed by atoms with Gasteiger partial charge in [0.2, 0.25) is 5.91 Å². The van der Waals surface area contributed by atoms with Crippen LogP contribution in [0.15, 0.2) is 66.7 Å². The van der Waals surface area contributed by atoms with Gasteiger partial charge in [0, 0.05) is 11.8 Å². The van der Waals surface area contributed by atoms with Crippen LogP contribution in [-0.4, -0.2) is 18.0 Å².